The predicted octanol–water partition coefficient (Wildman–Crippen LogP) is -0.0211. The summed E-state index contributed by atoms with van der Waals surface area (Å²) < 4.78 is 34.1. The fraction of sp³-hybridized carbons (Fsp3) is 0.923. The van der Waals surface area contributed by atoms with Crippen LogP contribution in [-0.4, -0.2) is 51.5 Å². The second-order valence-electron chi connectivity index (χ2n) is 5.90. The van der Waals surface area contributed by atoms with Crippen LogP contribution in [0.25, 0.3) is 0 Å². The molecule has 1 amide bonds. The molecule has 2 aliphatic heterocycles. The summed E-state index contributed by atoms with van der Waals surface area (Å²) in [4.78, 5) is 11.7. The first-order chi connectivity index (χ1) is 9.96. The molecular formula is C13H25N3O4S. The van der Waals surface area contributed by atoms with Crippen molar-refractivity contribution in [2.75, 3.05) is 32.8 Å². The summed E-state index contributed by atoms with van der Waals surface area (Å²) in [5.41, 5.74) is 4.67. The average molecular weight is 319 g/mol. The van der Waals surface area contributed by atoms with Crippen molar-refractivity contribution in [1.29, 1.82) is 0 Å². The van der Waals surface area contributed by atoms with Crippen molar-refractivity contribution >= 4 is 16.1 Å². The van der Waals surface area contributed by atoms with Crippen LogP contribution in [0.5, 0.6) is 0 Å². The zero-order valence-electron chi connectivity index (χ0n) is 12.3. The third kappa shape index (κ3) is 4.15. The maximum absolute atomic E-state index is 12.4. The molecule has 0 spiro atoms. The van der Waals surface area contributed by atoms with E-state index >= 15 is 0 Å². The fourth-order valence-corrected chi connectivity index (χ4v) is 4.26. The summed E-state index contributed by atoms with van der Waals surface area (Å²) in [5.74, 6) is -0.454. The van der Waals surface area contributed by atoms with E-state index in [1.807, 2.05) is 0 Å². The van der Waals surface area contributed by atoms with Crippen LogP contribution >= 0.6 is 0 Å². The third-order valence-corrected chi connectivity index (χ3v) is 6.02. The Labute approximate surface area is 126 Å². The summed E-state index contributed by atoms with van der Waals surface area (Å²) in [6.07, 6.45) is 4.82. The van der Waals surface area contributed by atoms with Crippen LogP contribution in [0.3, 0.4) is 0 Å². The molecule has 3 N–H and O–H groups in total. The van der Waals surface area contributed by atoms with Gasteiger partial charge >= 0.3 is 0 Å². The summed E-state index contributed by atoms with van der Waals surface area (Å²) >= 11 is 0. The van der Waals surface area contributed by atoms with Crippen molar-refractivity contribution in [1.82, 2.24) is 9.03 Å². The lowest BCUT2D eigenvalue weighted by molar-refractivity contribution is -0.132. The summed E-state index contributed by atoms with van der Waals surface area (Å²) in [7, 11) is -3.54. The van der Waals surface area contributed by atoms with Crippen molar-refractivity contribution in [3.05, 3.63) is 0 Å². The highest BCUT2D eigenvalue weighted by Gasteiger charge is 2.40. The van der Waals surface area contributed by atoms with Gasteiger partial charge < -0.3 is 10.5 Å². The number of primary amides is 1. The van der Waals surface area contributed by atoms with Gasteiger partial charge in [0.15, 0.2) is 0 Å². The largest absolute Gasteiger partial charge is 0.381 e. The van der Waals surface area contributed by atoms with E-state index in [4.69, 9.17) is 10.5 Å². The topological polar surface area (TPSA) is 102 Å². The zero-order valence-corrected chi connectivity index (χ0v) is 13.2. The second-order valence-corrected chi connectivity index (χ2v) is 7.65. The van der Waals surface area contributed by atoms with Gasteiger partial charge in [-0.25, -0.2) is 4.72 Å². The number of nitrogens with zero attached hydrogens (tertiary/aromatic N) is 1. The van der Waals surface area contributed by atoms with Crippen molar-refractivity contribution in [2.45, 2.75) is 38.5 Å². The maximum atomic E-state index is 12.4. The lowest BCUT2D eigenvalue weighted by atomic mass is 9.80. The van der Waals surface area contributed by atoms with E-state index in [1.54, 1.807) is 0 Å². The molecule has 21 heavy (non-hydrogen) atoms. The van der Waals surface area contributed by atoms with Crippen LogP contribution < -0.4 is 10.5 Å². The van der Waals surface area contributed by atoms with Gasteiger partial charge in [-0.05, 0) is 25.7 Å². The Hall–Kier alpha value is -0.700. The van der Waals surface area contributed by atoms with Crippen molar-refractivity contribution < 1.29 is 17.9 Å². The smallest absolute Gasteiger partial charge is 0.279 e. The third-order valence-electron chi connectivity index (χ3n) is 4.47. The van der Waals surface area contributed by atoms with Gasteiger partial charge in [-0.2, -0.15) is 12.7 Å². The highest BCUT2D eigenvalue weighted by molar-refractivity contribution is 7.87. The number of hydrogen-bond acceptors (Lipinski definition) is 4. The van der Waals surface area contributed by atoms with Crippen molar-refractivity contribution in [3.8, 4) is 0 Å². The monoisotopic (exact) mass is 319 g/mol. The first-order valence-corrected chi connectivity index (χ1v) is 9.03. The first-order valence-electron chi connectivity index (χ1n) is 7.59. The van der Waals surface area contributed by atoms with Gasteiger partial charge in [0.1, 0.15) is 0 Å². The Balaban J connectivity index is 2.00. The standard InChI is InChI=1S/C13H25N3O4S/c14-12(17)13(5-9-20-10-6-13)11-15-21(18,19)16-7-3-1-2-4-8-16/h15H,1-11H2,(H2,14,17). The summed E-state index contributed by atoms with van der Waals surface area (Å²) in [5, 5.41) is 0. The Morgan fingerprint density at radius 1 is 1.14 bits per heavy atom. The highest BCUT2D eigenvalue weighted by Crippen LogP contribution is 2.29. The molecule has 122 valence electrons. The van der Waals surface area contributed by atoms with Gasteiger partial charge in [0, 0.05) is 32.8 Å². The Kier molecular flexibility index (Phi) is 5.59. The molecule has 0 aromatic carbocycles. The predicted molar refractivity (Wildman–Crippen MR) is 78.6 cm³/mol. The van der Waals surface area contributed by atoms with Crippen LogP contribution in [0, 0.1) is 5.41 Å². The number of rotatable bonds is 5. The van der Waals surface area contributed by atoms with Crippen LogP contribution in [0.2, 0.25) is 0 Å². The van der Waals surface area contributed by atoms with E-state index in [2.05, 4.69) is 4.72 Å². The zero-order chi connectivity index (χ0) is 15.3. The second kappa shape index (κ2) is 7.04. The minimum Gasteiger partial charge on any atom is -0.381 e. The van der Waals surface area contributed by atoms with Gasteiger partial charge in [-0.3, -0.25) is 4.79 Å². The van der Waals surface area contributed by atoms with Gasteiger partial charge in [0.25, 0.3) is 10.2 Å². The molecule has 0 aliphatic carbocycles. The Bertz CT molecular complexity index is 452. The molecule has 0 aromatic heterocycles. The van der Waals surface area contributed by atoms with E-state index in [0.29, 0.717) is 39.1 Å². The molecule has 0 atom stereocenters. The number of amides is 1. The molecule has 2 rings (SSSR count). The minimum absolute atomic E-state index is 0.0600. The van der Waals surface area contributed by atoms with E-state index in [-0.39, 0.29) is 6.54 Å². The number of carbonyl (C=O) groups is 1. The van der Waals surface area contributed by atoms with E-state index in [0.717, 1.165) is 25.7 Å². The minimum atomic E-state index is -3.54. The van der Waals surface area contributed by atoms with Crippen molar-refractivity contribution in [2.24, 2.45) is 11.1 Å². The van der Waals surface area contributed by atoms with E-state index < -0.39 is 21.5 Å². The quantitative estimate of drug-likeness (QED) is 0.743. The Morgan fingerprint density at radius 2 is 1.71 bits per heavy atom. The number of nitrogens with two attached hydrogens (primary N) is 1. The van der Waals surface area contributed by atoms with Gasteiger partial charge in [-0.15, -0.1) is 0 Å². The molecule has 2 aliphatic rings. The van der Waals surface area contributed by atoms with E-state index in [1.165, 1.54) is 4.31 Å². The normalized spacial score (nSPS) is 24.4. The highest BCUT2D eigenvalue weighted by atomic mass is 32.2. The molecule has 0 aromatic rings. The molecule has 0 saturated carbocycles. The number of ether oxygens (including phenoxy) is 1. The van der Waals surface area contributed by atoms with E-state index in [9.17, 15) is 13.2 Å². The molecule has 2 saturated heterocycles. The van der Waals surface area contributed by atoms with Crippen LogP contribution in [-0.2, 0) is 19.7 Å². The molecule has 2 fully saturated rings. The van der Waals surface area contributed by atoms with Crippen LogP contribution in [0.4, 0.5) is 0 Å². The molecule has 0 radical (unpaired) electrons. The number of carbonyl (C=O) groups excluding carboxylic acids is 1. The molecule has 8 heteroatoms. The lowest BCUT2D eigenvalue weighted by Gasteiger charge is -2.34. The summed E-state index contributed by atoms with van der Waals surface area (Å²) in [6.45, 7) is 2.03. The first kappa shape index (κ1) is 16.7. The molecule has 2 heterocycles. The van der Waals surface area contributed by atoms with Crippen LogP contribution in [0.15, 0.2) is 0 Å². The van der Waals surface area contributed by atoms with Gasteiger partial charge in [-0.1, -0.05) is 12.8 Å². The SMILES string of the molecule is NC(=O)C1(CNS(=O)(=O)N2CCCCCC2)CCOCC1. The molecule has 0 unspecified atom stereocenters. The van der Waals surface area contributed by atoms with Crippen molar-refractivity contribution in [3.63, 3.8) is 0 Å². The number of hydrogen-bond donors (Lipinski definition) is 2. The summed E-state index contributed by atoms with van der Waals surface area (Å²) in [6, 6.07) is 0. The Morgan fingerprint density at radius 3 is 2.24 bits per heavy atom. The fourth-order valence-electron chi connectivity index (χ4n) is 2.88. The van der Waals surface area contributed by atoms with Crippen LogP contribution in [0.1, 0.15) is 38.5 Å². The maximum Gasteiger partial charge on any atom is 0.279 e. The molecule has 7 nitrogen and oxygen atoms in total. The van der Waals surface area contributed by atoms with Gasteiger partial charge in [0.2, 0.25) is 5.91 Å². The van der Waals surface area contributed by atoms with Gasteiger partial charge in [0.05, 0.1) is 5.41 Å². The molecular weight excluding hydrogens is 294 g/mol. The lowest BCUT2D eigenvalue weighted by Crippen LogP contribution is -2.52. The average Bonchev–Trinajstić information content (AvgIpc) is 2.76. The number of nitrogens with one attached hydrogen (secondary N) is 1. The molecule has 0 bridgehead atoms.